The van der Waals surface area contributed by atoms with Crippen molar-refractivity contribution in [1.29, 1.82) is 0 Å². The quantitative estimate of drug-likeness (QED) is 0.681. The molecule has 0 bridgehead atoms. The van der Waals surface area contributed by atoms with Gasteiger partial charge in [0.2, 0.25) is 6.79 Å². The molecule has 1 aromatic rings. The van der Waals surface area contributed by atoms with E-state index in [0.29, 0.717) is 29.8 Å². The van der Waals surface area contributed by atoms with Gasteiger partial charge in [-0.15, -0.1) is 0 Å². The molecule has 0 spiro atoms. The van der Waals surface area contributed by atoms with Gasteiger partial charge in [0.1, 0.15) is 18.5 Å². The van der Waals surface area contributed by atoms with E-state index in [0.717, 1.165) is 5.56 Å². The lowest BCUT2D eigenvalue weighted by Gasteiger charge is -2.16. The number of aliphatic hydroxyl groups excluding tert-OH is 2. The molecule has 0 aliphatic carbocycles. The van der Waals surface area contributed by atoms with E-state index in [2.05, 4.69) is 19.2 Å². The number of ether oxygens (including phenoxy) is 3. The van der Waals surface area contributed by atoms with E-state index in [-0.39, 0.29) is 20.0 Å². The van der Waals surface area contributed by atoms with Gasteiger partial charge < -0.3 is 29.7 Å². The Hall–Kier alpha value is -1.50. The average molecular weight is 283 g/mol. The molecule has 3 N–H and O–H groups in total. The summed E-state index contributed by atoms with van der Waals surface area (Å²) >= 11 is 0. The van der Waals surface area contributed by atoms with Crippen LogP contribution in [0.4, 0.5) is 0 Å². The Morgan fingerprint density at radius 3 is 2.65 bits per heavy atom. The zero-order valence-corrected chi connectivity index (χ0v) is 11.8. The van der Waals surface area contributed by atoms with Crippen LogP contribution in [0.5, 0.6) is 17.2 Å². The Bertz CT molecular complexity index is 449. The van der Waals surface area contributed by atoms with Crippen LogP contribution in [0.15, 0.2) is 12.1 Å². The molecule has 1 aliphatic rings. The van der Waals surface area contributed by atoms with Crippen LogP contribution in [0, 0.1) is 0 Å². The van der Waals surface area contributed by atoms with Gasteiger partial charge in [0.15, 0.2) is 11.5 Å². The minimum absolute atomic E-state index is 0.0326. The molecule has 0 amide bonds. The minimum atomic E-state index is -0.897. The van der Waals surface area contributed by atoms with Crippen LogP contribution in [-0.4, -0.2) is 42.4 Å². The number of nitrogens with one attached hydrogen (secondary N) is 1. The standard InChI is InChI=1S/C14H21NO5/c1-9(2)15-5-10-3-13-14(20-8-19-13)4-12(10)18-7-11(17)6-16/h3-4,9,11,15-17H,5-8H2,1-2H3. The molecule has 1 atom stereocenters. The predicted octanol–water partition coefficient (Wildman–Crippen LogP) is 0.645. The molecule has 0 radical (unpaired) electrons. The highest BCUT2D eigenvalue weighted by molar-refractivity contribution is 5.51. The first-order chi connectivity index (χ1) is 9.60. The molecule has 0 saturated carbocycles. The first-order valence-corrected chi connectivity index (χ1v) is 6.67. The molecule has 6 heteroatoms. The highest BCUT2D eigenvalue weighted by Gasteiger charge is 2.18. The molecular formula is C14H21NO5. The predicted molar refractivity (Wildman–Crippen MR) is 73.1 cm³/mol. The average Bonchev–Trinajstić information content (AvgIpc) is 2.88. The van der Waals surface area contributed by atoms with Gasteiger partial charge in [0.05, 0.1) is 6.61 Å². The Balaban J connectivity index is 2.13. The van der Waals surface area contributed by atoms with Gasteiger partial charge in [0.25, 0.3) is 0 Å². The number of hydrogen-bond acceptors (Lipinski definition) is 6. The summed E-state index contributed by atoms with van der Waals surface area (Å²) in [5, 5.41) is 21.5. The second-order valence-corrected chi connectivity index (χ2v) is 5.00. The maximum absolute atomic E-state index is 9.38. The van der Waals surface area contributed by atoms with Crippen LogP contribution >= 0.6 is 0 Å². The molecule has 0 aromatic heterocycles. The van der Waals surface area contributed by atoms with Crippen molar-refractivity contribution in [3.8, 4) is 17.2 Å². The molecule has 6 nitrogen and oxygen atoms in total. The third-order valence-electron chi connectivity index (χ3n) is 2.90. The van der Waals surface area contributed by atoms with Crippen molar-refractivity contribution in [3.05, 3.63) is 17.7 Å². The SMILES string of the molecule is CC(C)NCc1cc2c(cc1OCC(O)CO)OCO2. The fourth-order valence-corrected chi connectivity index (χ4v) is 1.79. The van der Waals surface area contributed by atoms with Crippen LogP contribution in [0.2, 0.25) is 0 Å². The third kappa shape index (κ3) is 3.75. The lowest BCUT2D eigenvalue weighted by molar-refractivity contribution is 0.0532. The van der Waals surface area contributed by atoms with E-state index in [9.17, 15) is 5.11 Å². The van der Waals surface area contributed by atoms with E-state index in [1.54, 1.807) is 6.07 Å². The number of fused-ring (bicyclic) bond motifs is 1. The Labute approximate surface area is 118 Å². The molecule has 2 rings (SSSR count). The van der Waals surface area contributed by atoms with Gasteiger partial charge in [-0.1, -0.05) is 13.8 Å². The highest BCUT2D eigenvalue weighted by Crippen LogP contribution is 2.38. The van der Waals surface area contributed by atoms with Gasteiger partial charge in [0, 0.05) is 24.2 Å². The minimum Gasteiger partial charge on any atom is -0.490 e. The zero-order chi connectivity index (χ0) is 14.5. The molecule has 1 heterocycles. The van der Waals surface area contributed by atoms with E-state index >= 15 is 0 Å². The van der Waals surface area contributed by atoms with Gasteiger partial charge in [-0.25, -0.2) is 0 Å². The van der Waals surface area contributed by atoms with Crippen LogP contribution in [0.25, 0.3) is 0 Å². The maximum atomic E-state index is 9.38. The summed E-state index contributed by atoms with van der Waals surface area (Å²) in [5.74, 6) is 1.95. The van der Waals surface area contributed by atoms with Crippen molar-refractivity contribution in [2.24, 2.45) is 0 Å². The maximum Gasteiger partial charge on any atom is 0.231 e. The van der Waals surface area contributed by atoms with Crippen LogP contribution in [0.3, 0.4) is 0 Å². The fourth-order valence-electron chi connectivity index (χ4n) is 1.79. The topological polar surface area (TPSA) is 80.2 Å². The normalized spacial score (nSPS) is 14.7. The summed E-state index contributed by atoms with van der Waals surface area (Å²) in [7, 11) is 0. The lowest BCUT2D eigenvalue weighted by atomic mass is 10.1. The van der Waals surface area contributed by atoms with Gasteiger partial charge in [-0.2, -0.15) is 0 Å². The fraction of sp³-hybridized carbons (Fsp3) is 0.571. The molecule has 0 saturated heterocycles. The van der Waals surface area contributed by atoms with Crippen molar-refractivity contribution in [3.63, 3.8) is 0 Å². The summed E-state index contributed by atoms with van der Waals surface area (Å²) in [4.78, 5) is 0. The van der Waals surface area contributed by atoms with Crippen LogP contribution < -0.4 is 19.5 Å². The summed E-state index contributed by atoms with van der Waals surface area (Å²) in [6.45, 7) is 4.65. The summed E-state index contributed by atoms with van der Waals surface area (Å²) in [6, 6.07) is 3.97. The van der Waals surface area contributed by atoms with E-state index in [1.165, 1.54) is 0 Å². The molecule has 1 unspecified atom stereocenters. The Morgan fingerprint density at radius 1 is 1.30 bits per heavy atom. The zero-order valence-electron chi connectivity index (χ0n) is 11.8. The lowest BCUT2D eigenvalue weighted by Crippen LogP contribution is -2.24. The van der Waals surface area contributed by atoms with Crippen molar-refractivity contribution in [1.82, 2.24) is 5.32 Å². The monoisotopic (exact) mass is 283 g/mol. The smallest absolute Gasteiger partial charge is 0.231 e. The van der Waals surface area contributed by atoms with Crippen molar-refractivity contribution in [2.75, 3.05) is 20.0 Å². The van der Waals surface area contributed by atoms with Crippen molar-refractivity contribution < 1.29 is 24.4 Å². The van der Waals surface area contributed by atoms with E-state index in [4.69, 9.17) is 19.3 Å². The van der Waals surface area contributed by atoms with Gasteiger partial charge in [-0.3, -0.25) is 0 Å². The third-order valence-corrected chi connectivity index (χ3v) is 2.90. The molecular weight excluding hydrogens is 262 g/mol. The largest absolute Gasteiger partial charge is 0.490 e. The number of benzene rings is 1. The second-order valence-electron chi connectivity index (χ2n) is 5.00. The second kappa shape index (κ2) is 6.78. The molecule has 20 heavy (non-hydrogen) atoms. The van der Waals surface area contributed by atoms with Gasteiger partial charge >= 0.3 is 0 Å². The van der Waals surface area contributed by atoms with Crippen LogP contribution in [-0.2, 0) is 6.54 Å². The first kappa shape index (κ1) is 14.9. The number of hydrogen-bond donors (Lipinski definition) is 3. The van der Waals surface area contributed by atoms with Crippen LogP contribution in [0.1, 0.15) is 19.4 Å². The summed E-state index contributed by atoms with van der Waals surface area (Å²) in [6.07, 6.45) is -0.897. The Morgan fingerprint density at radius 2 is 2.00 bits per heavy atom. The number of aliphatic hydroxyl groups is 2. The molecule has 1 aromatic carbocycles. The first-order valence-electron chi connectivity index (χ1n) is 6.67. The van der Waals surface area contributed by atoms with Crippen molar-refractivity contribution >= 4 is 0 Å². The van der Waals surface area contributed by atoms with Crippen molar-refractivity contribution in [2.45, 2.75) is 32.5 Å². The number of rotatable bonds is 7. The van der Waals surface area contributed by atoms with E-state index < -0.39 is 6.10 Å². The summed E-state index contributed by atoms with van der Waals surface area (Å²) in [5.41, 5.74) is 0.924. The molecule has 0 fully saturated rings. The van der Waals surface area contributed by atoms with E-state index in [1.807, 2.05) is 6.07 Å². The molecule has 112 valence electrons. The highest BCUT2D eigenvalue weighted by atomic mass is 16.7. The molecule has 1 aliphatic heterocycles. The summed E-state index contributed by atoms with van der Waals surface area (Å²) < 4.78 is 16.2. The van der Waals surface area contributed by atoms with Gasteiger partial charge in [-0.05, 0) is 6.07 Å². The Kier molecular flexibility index (Phi) is 5.05.